The lowest BCUT2D eigenvalue weighted by Gasteiger charge is -2.09. The van der Waals surface area contributed by atoms with E-state index in [1.807, 2.05) is 0 Å². The van der Waals surface area contributed by atoms with E-state index in [0.717, 1.165) is 6.42 Å². The molecule has 0 aromatic carbocycles. The Morgan fingerprint density at radius 2 is 2.11 bits per heavy atom. The molecule has 1 amide bonds. The second-order valence-electron chi connectivity index (χ2n) is 4.72. The van der Waals surface area contributed by atoms with Crippen molar-refractivity contribution < 1.29 is 9.21 Å². The summed E-state index contributed by atoms with van der Waals surface area (Å²) in [5.74, 6) is 1.20. The zero-order chi connectivity index (χ0) is 13.7. The third-order valence-corrected chi connectivity index (χ3v) is 3.09. The molecule has 1 rings (SSSR count). The number of amides is 1. The number of aromatic nitrogens is 2. The lowest BCUT2D eigenvalue weighted by Crippen LogP contribution is -2.23. The Labute approximate surface area is 111 Å². The molecule has 0 saturated carbocycles. The maximum absolute atomic E-state index is 11.4. The van der Waals surface area contributed by atoms with Gasteiger partial charge in [0.25, 0.3) is 5.22 Å². The molecule has 0 bridgehead atoms. The van der Waals surface area contributed by atoms with Crippen LogP contribution in [0.2, 0.25) is 0 Å². The van der Waals surface area contributed by atoms with Gasteiger partial charge in [-0.2, -0.15) is 0 Å². The summed E-state index contributed by atoms with van der Waals surface area (Å²) in [6, 6.07) is -0.239. The van der Waals surface area contributed by atoms with Crippen LogP contribution in [0.5, 0.6) is 0 Å². The van der Waals surface area contributed by atoms with Crippen molar-refractivity contribution in [2.45, 2.75) is 31.5 Å². The van der Waals surface area contributed by atoms with E-state index in [4.69, 9.17) is 10.2 Å². The van der Waals surface area contributed by atoms with Crippen molar-refractivity contribution in [3.63, 3.8) is 0 Å². The molecule has 1 heterocycles. The fraction of sp³-hybridized carbons (Fsp3) is 0.727. The van der Waals surface area contributed by atoms with E-state index >= 15 is 0 Å². The summed E-state index contributed by atoms with van der Waals surface area (Å²) in [5, 5.41) is 8.16. The maximum atomic E-state index is 11.4. The van der Waals surface area contributed by atoms with Crippen LogP contribution in [-0.2, 0) is 4.79 Å². The Morgan fingerprint density at radius 3 is 2.67 bits per heavy atom. The molecule has 1 atom stereocenters. The number of carbonyl (C=O) groups excluding carboxylic acids is 1. The predicted molar refractivity (Wildman–Crippen MR) is 70.1 cm³/mol. The molecule has 2 N–H and O–H groups in total. The van der Waals surface area contributed by atoms with Gasteiger partial charge >= 0.3 is 0 Å². The summed E-state index contributed by atoms with van der Waals surface area (Å²) in [6.45, 7) is 4.17. The van der Waals surface area contributed by atoms with E-state index in [9.17, 15) is 4.79 Å². The minimum absolute atomic E-state index is 0.00577. The maximum Gasteiger partial charge on any atom is 0.277 e. The van der Waals surface area contributed by atoms with Crippen LogP contribution in [0.15, 0.2) is 9.64 Å². The van der Waals surface area contributed by atoms with Gasteiger partial charge in [0.05, 0.1) is 11.8 Å². The largest absolute Gasteiger partial charge is 0.414 e. The van der Waals surface area contributed by atoms with Gasteiger partial charge in [0.1, 0.15) is 0 Å². The third kappa shape index (κ3) is 4.66. The van der Waals surface area contributed by atoms with Crippen LogP contribution in [0.1, 0.15) is 32.2 Å². The summed E-state index contributed by atoms with van der Waals surface area (Å²) in [7, 11) is 3.42. The molecule has 0 saturated heterocycles. The lowest BCUT2D eigenvalue weighted by atomic mass is 10.1. The van der Waals surface area contributed by atoms with E-state index in [1.54, 1.807) is 14.1 Å². The van der Waals surface area contributed by atoms with Gasteiger partial charge in [-0.25, -0.2) is 0 Å². The standard InChI is InChI=1S/C11H20N4O2S/c1-7(2)5-8(12)10-13-14-11(17-10)18-6-9(16)15(3)4/h7-8H,5-6,12H2,1-4H3/t8-/m1/s1. The van der Waals surface area contributed by atoms with Crippen LogP contribution in [0.25, 0.3) is 0 Å². The second-order valence-corrected chi connectivity index (χ2v) is 5.65. The third-order valence-electron chi connectivity index (χ3n) is 2.28. The first-order valence-electron chi connectivity index (χ1n) is 5.82. The average Bonchev–Trinajstić information content (AvgIpc) is 2.73. The van der Waals surface area contributed by atoms with Gasteiger partial charge in [-0.3, -0.25) is 4.79 Å². The lowest BCUT2D eigenvalue weighted by molar-refractivity contribution is -0.125. The van der Waals surface area contributed by atoms with Gasteiger partial charge in [-0.1, -0.05) is 25.6 Å². The van der Waals surface area contributed by atoms with Crippen LogP contribution in [0.3, 0.4) is 0 Å². The monoisotopic (exact) mass is 272 g/mol. The minimum Gasteiger partial charge on any atom is -0.414 e. The Hall–Kier alpha value is -1.08. The molecule has 1 aromatic rings. The van der Waals surface area contributed by atoms with Crippen LogP contribution >= 0.6 is 11.8 Å². The number of thioether (sulfide) groups is 1. The number of hydrogen-bond acceptors (Lipinski definition) is 6. The first-order valence-corrected chi connectivity index (χ1v) is 6.80. The fourth-order valence-electron chi connectivity index (χ4n) is 1.29. The van der Waals surface area contributed by atoms with Gasteiger partial charge in [0, 0.05) is 14.1 Å². The van der Waals surface area contributed by atoms with Crippen molar-refractivity contribution in [3.05, 3.63) is 5.89 Å². The molecule has 102 valence electrons. The zero-order valence-electron chi connectivity index (χ0n) is 11.2. The molecule has 0 radical (unpaired) electrons. The molecule has 18 heavy (non-hydrogen) atoms. The quantitative estimate of drug-likeness (QED) is 0.786. The molecule has 0 fully saturated rings. The van der Waals surface area contributed by atoms with Gasteiger partial charge in [-0.15, -0.1) is 10.2 Å². The Balaban J connectivity index is 2.50. The van der Waals surface area contributed by atoms with E-state index < -0.39 is 0 Å². The first-order chi connectivity index (χ1) is 8.40. The Bertz CT molecular complexity index is 392. The van der Waals surface area contributed by atoms with Gasteiger partial charge < -0.3 is 15.1 Å². The smallest absolute Gasteiger partial charge is 0.277 e. The molecule has 7 heteroatoms. The van der Waals surface area contributed by atoms with Crippen molar-refractivity contribution in [1.82, 2.24) is 15.1 Å². The molecule has 0 aliphatic carbocycles. The molecule has 0 spiro atoms. The first kappa shape index (κ1) is 15.0. The molecule has 0 aliphatic rings. The number of hydrogen-bond donors (Lipinski definition) is 1. The zero-order valence-corrected chi connectivity index (χ0v) is 12.0. The SMILES string of the molecule is CC(C)C[C@@H](N)c1nnc(SCC(=O)N(C)C)o1. The van der Waals surface area contributed by atoms with Crippen LogP contribution < -0.4 is 5.73 Å². The summed E-state index contributed by atoms with van der Waals surface area (Å²) in [4.78, 5) is 12.9. The second kappa shape index (κ2) is 6.75. The van der Waals surface area contributed by atoms with Gasteiger partial charge in [-0.05, 0) is 12.3 Å². The Morgan fingerprint density at radius 1 is 1.44 bits per heavy atom. The van der Waals surface area contributed by atoms with Crippen molar-refractivity contribution in [1.29, 1.82) is 0 Å². The Kier molecular flexibility index (Phi) is 5.61. The van der Waals surface area contributed by atoms with Crippen molar-refractivity contribution in [2.75, 3.05) is 19.8 Å². The normalized spacial score (nSPS) is 12.8. The van der Waals surface area contributed by atoms with Crippen molar-refractivity contribution in [2.24, 2.45) is 11.7 Å². The summed E-state index contributed by atoms with van der Waals surface area (Å²) in [5.41, 5.74) is 5.93. The summed E-state index contributed by atoms with van der Waals surface area (Å²) < 4.78 is 5.42. The molecular weight excluding hydrogens is 252 g/mol. The molecular formula is C11H20N4O2S. The summed E-state index contributed by atoms with van der Waals surface area (Å²) >= 11 is 1.23. The fourth-order valence-corrected chi connectivity index (χ4v) is 2.04. The molecule has 0 aliphatic heterocycles. The summed E-state index contributed by atoms with van der Waals surface area (Å²) in [6.07, 6.45) is 0.795. The number of carbonyl (C=O) groups is 1. The van der Waals surface area contributed by atoms with Crippen LogP contribution in [0.4, 0.5) is 0 Å². The highest BCUT2D eigenvalue weighted by atomic mass is 32.2. The van der Waals surface area contributed by atoms with Crippen LogP contribution in [0, 0.1) is 5.92 Å². The van der Waals surface area contributed by atoms with Crippen molar-refractivity contribution in [3.8, 4) is 0 Å². The molecule has 0 unspecified atom stereocenters. The highest BCUT2D eigenvalue weighted by molar-refractivity contribution is 7.99. The van der Waals surface area contributed by atoms with Crippen LogP contribution in [-0.4, -0.2) is 40.9 Å². The van der Waals surface area contributed by atoms with Crippen molar-refractivity contribution >= 4 is 17.7 Å². The van der Waals surface area contributed by atoms with E-state index in [-0.39, 0.29) is 17.7 Å². The minimum atomic E-state index is -0.239. The molecule has 1 aromatic heterocycles. The van der Waals surface area contributed by atoms with E-state index in [1.165, 1.54) is 16.7 Å². The number of nitrogens with two attached hydrogens (primary N) is 1. The van der Waals surface area contributed by atoms with Gasteiger partial charge in [0.2, 0.25) is 11.8 Å². The van der Waals surface area contributed by atoms with Gasteiger partial charge in [0.15, 0.2) is 0 Å². The predicted octanol–water partition coefficient (Wildman–Crippen LogP) is 1.30. The highest BCUT2D eigenvalue weighted by Crippen LogP contribution is 2.22. The van der Waals surface area contributed by atoms with E-state index in [2.05, 4.69) is 24.0 Å². The number of rotatable bonds is 6. The molecule has 6 nitrogen and oxygen atoms in total. The average molecular weight is 272 g/mol. The highest BCUT2D eigenvalue weighted by Gasteiger charge is 2.16. The van der Waals surface area contributed by atoms with E-state index in [0.29, 0.717) is 17.0 Å². The topological polar surface area (TPSA) is 85.2 Å². The number of nitrogens with zero attached hydrogens (tertiary/aromatic N) is 3.